The summed E-state index contributed by atoms with van der Waals surface area (Å²) in [6, 6.07) is 25.3. The molecule has 0 amide bonds. The molecule has 0 unspecified atom stereocenters. The van der Waals surface area contributed by atoms with E-state index in [1.165, 1.54) is 11.8 Å². The molecule has 1 aromatic heterocycles. The van der Waals surface area contributed by atoms with Crippen LogP contribution in [0.5, 0.6) is 0 Å². The Morgan fingerprint density at radius 3 is 1.81 bits per heavy atom. The number of carbonyl (C=O) groups is 1. The molecular weight excluding hydrogens is 677 g/mol. The van der Waals surface area contributed by atoms with Gasteiger partial charge in [0.05, 0.1) is 10.7 Å². The number of aromatic nitrogens is 3. The van der Waals surface area contributed by atoms with Crippen molar-refractivity contribution in [3.05, 3.63) is 118 Å². The molecule has 1 aliphatic heterocycles. The van der Waals surface area contributed by atoms with Crippen LogP contribution in [0, 0.1) is 0 Å². The highest BCUT2D eigenvalue weighted by molar-refractivity contribution is 8.06. The van der Waals surface area contributed by atoms with Crippen molar-refractivity contribution in [1.29, 1.82) is 0 Å². The summed E-state index contributed by atoms with van der Waals surface area (Å²) < 4.78 is -3.93. The van der Waals surface area contributed by atoms with Crippen molar-refractivity contribution in [3.8, 4) is 22.5 Å². The van der Waals surface area contributed by atoms with E-state index in [0.717, 1.165) is 27.4 Å². The van der Waals surface area contributed by atoms with Gasteiger partial charge in [-0.05, 0) is 23.6 Å². The molecule has 0 spiro atoms. The van der Waals surface area contributed by atoms with Gasteiger partial charge < -0.3 is 4.90 Å². The van der Waals surface area contributed by atoms with Crippen molar-refractivity contribution in [2.75, 3.05) is 6.54 Å². The third-order valence-corrected chi connectivity index (χ3v) is 8.21. The second-order valence-electron chi connectivity index (χ2n) is 9.03. The summed E-state index contributed by atoms with van der Waals surface area (Å²) in [5, 5.41) is 2.90. The first-order valence-corrected chi connectivity index (χ1v) is 15.7. The van der Waals surface area contributed by atoms with E-state index in [2.05, 4.69) is 68.6 Å². The Bertz CT molecular complexity index is 1630. The van der Waals surface area contributed by atoms with Gasteiger partial charge in [-0.15, -0.1) is 0 Å². The van der Waals surface area contributed by atoms with Crippen LogP contribution >= 0.6 is 81.4 Å². The number of halogens is 6. The van der Waals surface area contributed by atoms with E-state index in [0.29, 0.717) is 17.7 Å². The minimum atomic E-state index is -1.97. The average molecular weight is 697 g/mol. The highest BCUT2D eigenvalue weighted by Crippen LogP contribution is 2.42. The number of benzene rings is 3. The lowest BCUT2D eigenvalue weighted by molar-refractivity contribution is 0.104. The Kier molecular flexibility index (Phi) is 9.45. The molecule has 0 radical (unpaired) electrons. The number of thioether (sulfide) groups is 1. The average Bonchev–Trinajstić information content (AvgIpc) is 3.39. The van der Waals surface area contributed by atoms with Gasteiger partial charge in [0.15, 0.2) is 23.3 Å². The second-order valence-corrected chi connectivity index (χ2v) is 14.5. The van der Waals surface area contributed by atoms with Crippen LogP contribution in [0.2, 0.25) is 0 Å². The number of ketones is 1. The number of alkyl halides is 6. The van der Waals surface area contributed by atoms with Crippen molar-refractivity contribution in [2.45, 2.75) is 14.5 Å². The fourth-order valence-corrected chi connectivity index (χ4v) is 5.76. The zero-order chi connectivity index (χ0) is 30.1. The van der Waals surface area contributed by atoms with Gasteiger partial charge in [-0.2, -0.15) is 0 Å². The molecular formula is C30H20Cl6N4OS. The summed E-state index contributed by atoms with van der Waals surface area (Å²) in [7, 11) is 0. The lowest BCUT2D eigenvalue weighted by Crippen LogP contribution is -2.17. The molecule has 0 atom stereocenters. The van der Waals surface area contributed by atoms with Gasteiger partial charge in [0.25, 0.3) is 0 Å². The van der Waals surface area contributed by atoms with E-state index < -0.39 is 7.59 Å². The summed E-state index contributed by atoms with van der Waals surface area (Å²) in [6.07, 6.45) is 1.63. The molecule has 12 heteroatoms. The van der Waals surface area contributed by atoms with Gasteiger partial charge in [-0.1, -0.05) is 160 Å². The lowest BCUT2D eigenvalue weighted by atomic mass is 10.0. The minimum absolute atomic E-state index is 0.126. The van der Waals surface area contributed by atoms with Gasteiger partial charge in [0.2, 0.25) is 7.59 Å². The molecule has 42 heavy (non-hydrogen) atoms. The fourth-order valence-electron chi connectivity index (χ4n) is 4.23. The van der Waals surface area contributed by atoms with Crippen molar-refractivity contribution >= 4 is 92.8 Å². The number of allylic oxidation sites excluding steroid dienone is 1. The predicted molar refractivity (Wildman–Crippen MR) is 176 cm³/mol. The number of rotatable bonds is 6. The first kappa shape index (κ1) is 31.1. The molecule has 0 saturated heterocycles. The maximum Gasteiger partial charge on any atom is 0.250 e. The first-order chi connectivity index (χ1) is 19.9. The Morgan fingerprint density at radius 1 is 0.738 bits per heavy atom. The Hall–Kier alpha value is -2.29. The molecule has 0 saturated carbocycles. The van der Waals surface area contributed by atoms with Crippen molar-refractivity contribution < 1.29 is 4.79 Å². The monoisotopic (exact) mass is 694 g/mol. The zero-order valence-electron chi connectivity index (χ0n) is 21.7. The van der Waals surface area contributed by atoms with E-state index in [4.69, 9.17) is 69.6 Å². The smallest absolute Gasteiger partial charge is 0.250 e. The van der Waals surface area contributed by atoms with Crippen LogP contribution in [0.15, 0.2) is 95.4 Å². The molecule has 5 rings (SSSR count). The third kappa shape index (κ3) is 7.08. The predicted octanol–water partition coefficient (Wildman–Crippen LogP) is 9.95. The fraction of sp³-hybridized carbons (Fsp3) is 0.133. The van der Waals surface area contributed by atoms with E-state index in [9.17, 15) is 4.79 Å². The Labute approximate surface area is 277 Å². The van der Waals surface area contributed by atoms with E-state index >= 15 is 0 Å². The summed E-state index contributed by atoms with van der Waals surface area (Å²) >= 11 is 37.4. The van der Waals surface area contributed by atoms with Gasteiger partial charge in [0, 0.05) is 29.2 Å². The lowest BCUT2D eigenvalue weighted by Gasteiger charge is -2.22. The van der Waals surface area contributed by atoms with Crippen LogP contribution in [0.3, 0.4) is 0 Å². The summed E-state index contributed by atoms with van der Waals surface area (Å²) in [4.78, 5) is 27.8. The van der Waals surface area contributed by atoms with Crippen LogP contribution < -0.4 is 0 Å². The van der Waals surface area contributed by atoms with E-state index in [1.807, 2.05) is 18.2 Å². The van der Waals surface area contributed by atoms with Crippen LogP contribution in [0.25, 0.3) is 28.2 Å². The molecule has 3 aromatic carbocycles. The summed E-state index contributed by atoms with van der Waals surface area (Å²) in [5.74, 6) is -0.420. The summed E-state index contributed by atoms with van der Waals surface area (Å²) in [6.45, 7) is 2.75. The van der Waals surface area contributed by atoms with Crippen LogP contribution in [-0.4, -0.2) is 32.2 Å². The number of hydrogen-bond donors (Lipinski definition) is 0. The molecule has 0 fully saturated rings. The maximum atomic E-state index is 13.2. The molecule has 0 N–H and O–H groups in total. The minimum Gasteiger partial charge on any atom is -0.335 e. The van der Waals surface area contributed by atoms with Gasteiger partial charge in [0.1, 0.15) is 0 Å². The maximum absolute atomic E-state index is 13.2. The molecule has 0 bridgehead atoms. The van der Waals surface area contributed by atoms with Gasteiger partial charge in [-0.3, -0.25) is 4.79 Å². The third-order valence-electron chi connectivity index (χ3n) is 6.28. The molecule has 4 aromatic rings. The zero-order valence-corrected chi connectivity index (χ0v) is 27.1. The summed E-state index contributed by atoms with van der Waals surface area (Å²) in [5.41, 5.74) is 5.41. The van der Waals surface area contributed by atoms with E-state index in [1.54, 1.807) is 30.3 Å². The molecule has 5 nitrogen and oxygen atoms in total. The van der Waals surface area contributed by atoms with Gasteiger partial charge in [-0.25, -0.2) is 15.0 Å². The van der Waals surface area contributed by atoms with Crippen LogP contribution in [0.4, 0.5) is 0 Å². The number of nitrogens with zero attached hydrogens (tertiary/aromatic N) is 4. The molecule has 0 aliphatic carbocycles. The quantitative estimate of drug-likeness (QED) is 0.114. The highest BCUT2D eigenvalue weighted by Gasteiger charge is 2.34. The van der Waals surface area contributed by atoms with Crippen molar-refractivity contribution in [3.63, 3.8) is 0 Å². The Morgan fingerprint density at radius 2 is 1.26 bits per heavy atom. The first-order valence-electron chi connectivity index (χ1n) is 12.5. The second kappa shape index (κ2) is 12.7. The molecule has 214 valence electrons. The standard InChI is InChI=1S/C30H20Cl6N4OS/c1-2-40-23(20-10-8-19(9-11-20)18-6-4-3-5-7-18)17-42-25(40)16-24(41)21-12-14-22(15-13-21)26-37-27(29(31,32)33)39-28(38-26)30(34,35)36/h3-17H,2H2,1H3. The topological polar surface area (TPSA) is 59.0 Å². The number of carbonyl (C=O) groups excluding carboxylic acids is 1. The molecule has 2 heterocycles. The molecule has 1 aliphatic rings. The van der Waals surface area contributed by atoms with Crippen LogP contribution in [0.1, 0.15) is 34.5 Å². The normalized spacial score (nSPS) is 14.8. The van der Waals surface area contributed by atoms with Crippen molar-refractivity contribution in [2.24, 2.45) is 0 Å². The van der Waals surface area contributed by atoms with Gasteiger partial charge >= 0.3 is 0 Å². The van der Waals surface area contributed by atoms with E-state index in [-0.39, 0.29) is 23.3 Å². The van der Waals surface area contributed by atoms with Crippen molar-refractivity contribution in [1.82, 2.24) is 19.9 Å². The SMILES string of the molecule is CCN1C(=CC(=O)c2ccc(-c3nc(C(Cl)(Cl)Cl)nc(C(Cl)(Cl)Cl)n3)cc2)SC=C1c1ccc(-c2ccccc2)cc1. The van der Waals surface area contributed by atoms with Crippen LogP contribution in [-0.2, 0) is 7.59 Å². The Balaban J connectivity index is 1.35. The highest BCUT2D eigenvalue weighted by atomic mass is 35.6. The largest absolute Gasteiger partial charge is 0.335 e. The number of hydrogen-bond acceptors (Lipinski definition) is 6.